The monoisotopic (exact) mass is 384 g/mol. The number of ether oxygens (including phenoxy) is 2. The van der Waals surface area contributed by atoms with E-state index in [-0.39, 0.29) is 24.8 Å². The van der Waals surface area contributed by atoms with Crippen molar-refractivity contribution in [3.63, 3.8) is 0 Å². The predicted molar refractivity (Wildman–Crippen MR) is 105 cm³/mol. The molecule has 148 valence electrons. The van der Waals surface area contributed by atoms with Crippen LogP contribution in [0.5, 0.6) is 5.75 Å². The highest BCUT2D eigenvalue weighted by Crippen LogP contribution is 2.19. The average Bonchev–Trinajstić information content (AvgIpc) is 2.70. The predicted octanol–water partition coefficient (Wildman–Crippen LogP) is 2.86. The summed E-state index contributed by atoms with van der Waals surface area (Å²) >= 11 is 0. The van der Waals surface area contributed by atoms with E-state index in [9.17, 15) is 14.4 Å². The van der Waals surface area contributed by atoms with Crippen LogP contribution in [0.4, 0.5) is 5.69 Å². The Morgan fingerprint density at radius 3 is 2.46 bits per heavy atom. The summed E-state index contributed by atoms with van der Waals surface area (Å²) in [5.41, 5.74) is 1.71. The molecule has 0 aliphatic heterocycles. The first-order valence-corrected chi connectivity index (χ1v) is 8.80. The molecule has 7 heteroatoms. The number of carbonyl (C=O) groups excluding carboxylic acids is 3. The van der Waals surface area contributed by atoms with Crippen LogP contribution >= 0.6 is 0 Å². The van der Waals surface area contributed by atoms with E-state index in [2.05, 4.69) is 10.1 Å². The molecule has 0 aliphatic rings. The highest BCUT2D eigenvalue weighted by molar-refractivity contribution is 5.94. The van der Waals surface area contributed by atoms with Crippen LogP contribution in [-0.2, 0) is 20.9 Å². The average molecular weight is 384 g/mol. The molecule has 7 nitrogen and oxygen atoms in total. The molecule has 0 saturated heterocycles. The van der Waals surface area contributed by atoms with Crippen LogP contribution < -0.4 is 10.1 Å². The molecule has 0 aromatic heterocycles. The second-order valence-electron chi connectivity index (χ2n) is 6.12. The van der Waals surface area contributed by atoms with Crippen molar-refractivity contribution < 1.29 is 23.9 Å². The van der Waals surface area contributed by atoms with E-state index < -0.39 is 5.97 Å². The van der Waals surface area contributed by atoms with E-state index in [1.54, 1.807) is 36.3 Å². The number of nitrogens with one attached hydrogen (secondary N) is 1. The highest BCUT2D eigenvalue weighted by Gasteiger charge is 2.14. The van der Waals surface area contributed by atoms with Gasteiger partial charge in [0.1, 0.15) is 5.75 Å². The molecule has 2 aromatic carbocycles. The minimum atomic E-state index is -0.476. The van der Waals surface area contributed by atoms with Gasteiger partial charge in [-0.2, -0.15) is 0 Å². The lowest BCUT2D eigenvalue weighted by Crippen LogP contribution is -2.31. The molecule has 1 N–H and O–H groups in total. The number of para-hydroxylation sites is 1. The molecule has 2 aromatic rings. The highest BCUT2D eigenvalue weighted by atomic mass is 16.5. The minimum Gasteiger partial charge on any atom is -0.496 e. The number of hydrogen-bond acceptors (Lipinski definition) is 5. The molecule has 0 fully saturated rings. The molecular weight excluding hydrogens is 360 g/mol. The van der Waals surface area contributed by atoms with E-state index in [4.69, 9.17) is 4.74 Å². The number of esters is 1. The fraction of sp³-hybridized carbons (Fsp3) is 0.286. The van der Waals surface area contributed by atoms with E-state index in [1.165, 1.54) is 14.0 Å². The molecule has 2 amide bonds. The lowest BCUT2D eigenvalue weighted by Gasteiger charge is -2.22. The molecular formula is C21H24N2O5. The Balaban J connectivity index is 1.97. The summed E-state index contributed by atoms with van der Waals surface area (Å²) in [5, 5.41) is 2.73. The van der Waals surface area contributed by atoms with Gasteiger partial charge in [0.2, 0.25) is 11.8 Å². The third-order valence-electron chi connectivity index (χ3n) is 4.18. The second kappa shape index (κ2) is 10.1. The summed E-state index contributed by atoms with van der Waals surface area (Å²) in [6.45, 7) is 2.08. The number of carbonyl (C=O) groups is 3. The molecule has 0 saturated carbocycles. The zero-order chi connectivity index (χ0) is 20.5. The Kier molecular flexibility index (Phi) is 7.56. The van der Waals surface area contributed by atoms with E-state index >= 15 is 0 Å². The molecule has 0 atom stereocenters. The summed E-state index contributed by atoms with van der Waals surface area (Å²) in [7, 11) is 2.87. The number of anilines is 1. The maximum atomic E-state index is 12.3. The standard InChI is InChI=1S/C21H24N2O5/c1-15(24)23(14-17-7-4-5-10-19(17)27-2)12-11-20(25)22-18-9-6-8-16(13-18)21(26)28-3/h4-10,13H,11-12,14H2,1-3H3,(H,22,25). The summed E-state index contributed by atoms with van der Waals surface area (Å²) in [6.07, 6.45) is 0.122. The van der Waals surface area contributed by atoms with Crippen LogP contribution in [0.2, 0.25) is 0 Å². The van der Waals surface area contributed by atoms with Gasteiger partial charge in [0.05, 0.1) is 19.8 Å². The number of rotatable bonds is 8. The van der Waals surface area contributed by atoms with Crippen molar-refractivity contribution >= 4 is 23.5 Å². The van der Waals surface area contributed by atoms with Crippen LogP contribution in [0.1, 0.15) is 29.3 Å². The van der Waals surface area contributed by atoms with Gasteiger partial charge in [-0.3, -0.25) is 9.59 Å². The molecule has 0 bridgehead atoms. The van der Waals surface area contributed by atoms with E-state index in [1.807, 2.05) is 24.3 Å². The van der Waals surface area contributed by atoms with Crippen molar-refractivity contribution in [1.82, 2.24) is 4.90 Å². The van der Waals surface area contributed by atoms with Gasteiger partial charge < -0.3 is 19.7 Å². The zero-order valence-corrected chi connectivity index (χ0v) is 16.2. The number of hydrogen-bond donors (Lipinski definition) is 1. The molecule has 0 heterocycles. The van der Waals surface area contributed by atoms with Crippen molar-refractivity contribution in [2.75, 3.05) is 26.1 Å². The van der Waals surface area contributed by atoms with Gasteiger partial charge in [0, 0.05) is 37.7 Å². The third kappa shape index (κ3) is 5.84. The lowest BCUT2D eigenvalue weighted by molar-refractivity contribution is -0.129. The Morgan fingerprint density at radius 1 is 1.04 bits per heavy atom. The number of methoxy groups -OCH3 is 2. The molecule has 2 rings (SSSR count). The van der Waals surface area contributed by atoms with Crippen molar-refractivity contribution in [2.24, 2.45) is 0 Å². The smallest absolute Gasteiger partial charge is 0.337 e. The second-order valence-corrected chi connectivity index (χ2v) is 6.12. The van der Waals surface area contributed by atoms with E-state index in [0.29, 0.717) is 23.5 Å². The van der Waals surface area contributed by atoms with Gasteiger partial charge in [0.15, 0.2) is 0 Å². The maximum Gasteiger partial charge on any atom is 0.337 e. The van der Waals surface area contributed by atoms with Crippen molar-refractivity contribution in [2.45, 2.75) is 19.9 Å². The van der Waals surface area contributed by atoms with Gasteiger partial charge in [0.25, 0.3) is 0 Å². The molecule has 0 radical (unpaired) electrons. The van der Waals surface area contributed by atoms with Crippen LogP contribution in [0.25, 0.3) is 0 Å². The molecule has 0 aliphatic carbocycles. The van der Waals surface area contributed by atoms with Crippen molar-refractivity contribution in [3.05, 3.63) is 59.7 Å². The Hall–Kier alpha value is -3.35. The van der Waals surface area contributed by atoms with Crippen molar-refractivity contribution in [1.29, 1.82) is 0 Å². The lowest BCUT2D eigenvalue weighted by atomic mass is 10.1. The summed E-state index contributed by atoms with van der Waals surface area (Å²) in [4.78, 5) is 37.4. The summed E-state index contributed by atoms with van der Waals surface area (Å²) in [6, 6.07) is 13.9. The fourth-order valence-electron chi connectivity index (χ4n) is 2.69. The first-order chi connectivity index (χ1) is 13.4. The Labute approximate surface area is 164 Å². The Bertz CT molecular complexity index is 850. The molecule has 0 spiro atoms. The number of nitrogens with zero attached hydrogens (tertiary/aromatic N) is 1. The van der Waals surface area contributed by atoms with Gasteiger partial charge in [-0.15, -0.1) is 0 Å². The normalized spacial score (nSPS) is 10.1. The van der Waals surface area contributed by atoms with Gasteiger partial charge >= 0.3 is 5.97 Å². The minimum absolute atomic E-state index is 0.122. The van der Waals surface area contributed by atoms with Crippen LogP contribution in [0.3, 0.4) is 0 Å². The Morgan fingerprint density at radius 2 is 1.79 bits per heavy atom. The van der Waals surface area contributed by atoms with Crippen molar-refractivity contribution in [3.8, 4) is 5.75 Å². The summed E-state index contributed by atoms with van der Waals surface area (Å²) in [5.74, 6) is -0.173. The summed E-state index contributed by atoms with van der Waals surface area (Å²) < 4.78 is 9.99. The number of benzene rings is 2. The first-order valence-electron chi connectivity index (χ1n) is 8.80. The van der Waals surface area contributed by atoms with Gasteiger partial charge in [-0.25, -0.2) is 4.79 Å². The maximum absolute atomic E-state index is 12.3. The van der Waals surface area contributed by atoms with Gasteiger partial charge in [-0.1, -0.05) is 24.3 Å². The number of amides is 2. The molecule has 28 heavy (non-hydrogen) atoms. The first kappa shape index (κ1) is 21.0. The zero-order valence-electron chi connectivity index (χ0n) is 16.2. The fourth-order valence-corrected chi connectivity index (χ4v) is 2.69. The van der Waals surface area contributed by atoms with Crippen LogP contribution in [-0.4, -0.2) is 43.4 Å². The third-order valence-corrected chi connectivity index (χ3v) is 4.18. The quantitative estimate of drug-likeness (QED) is 0.708. The SMILES string of the molecule is COC(=O)c1cccc(NC(=O)CCN(Cc2ccccc2OC)C(C)=O)c1. The molecule has 0 unspecified atom stereocenters. The topological polar surface area (TPSA) is 84.9 Å². The van der Waals surface area contributed by atoms with E-state index in [0.717, 1.165) is 5.56 Å². The van der Waals surface area contributed by atoms with Crippen LogP contribution in [0, 0.1) is 0 Å². The van der Waals surface area contributed by atoms with Gasteiger partial charge in [-0.05, 0) is 24.3 Å². The largest absolute Gasteiger partial charge is 0.496 e. The van der Waals surface area contributed by atoms with Crippen LogP contribution in [0.15, 0.2) is 48.5 Å².